The number of aryl methyl sites for hydroxylation is 1. The van der Waals surface area contributed by atoms with E-state index in [-0.39, 0.29) is 29.0 Å². The Labute approximate surface area is 168 Å². The van der Waals surface area contributed by atoms with Crippen LogP contribution in [0.3, 0.4) is 0 Å². The molecule has 29 heavy (non-hydrogen) atoms. The first-order chi connectivity index (χ1) is 13.8. The van der Waals surface area contributed by atoms with Gasteiger partial charge >= 0.3 is 0 Å². The first kappa shape index (κ1) is 20.3. The van der Waals surface area contributed by atoms with Gasteiger partial charge in [0.15, 0.2) is 5.69 Å². The number of amides is 2. The Morgan fingerprint density at radius 2 is 1.62 bits per heavy atom. The van der Waals surface area contributed by atoms with Crippen LogP contribution < -0.4 is 16.4 Å². The molecule has 7 heteroatoms. The zero-order chi connectivity index (χ0) is 21.0. The number of aromatic amines is 1. The van der Waals surface area contributed by atoms with Crippen molar-refractivity contribution in [1.82, 2.24) is 21.0 Å². The third-order valence-electron chi connectivity index (χ3n) is 4.69. The molecule has 3 N–H and O–H groups in total. The Kier molecular flexibility index (Phi) is 5.77. The summed E-state index contributed by atoms with van der Waals surface area (Å²) in [7, 11) is 0. The average Bonchev–Trinajstić information content (AvgIpc) is 2.70. The number of aromatic nitrogens is 2. The molecular weight excluding hydrogens is 368 g/mol. The summed E-state index contributed by atoms with van der Waals surface area (Å²) >= 11 is 0. The van der Waals surface area contributed by atoms with Gasteiger partial charge in [0.1, 0.15) is 0 Å². The lowest BCUT2D eigenvalue weighted by Crippen LogP contribution is -2.42. The van der Waals surface area contributed by atoms with Crippen molar-refractivity contribution in [3.8, 4) is 0 Å². The molecule has 0 aliphatic rings. The Bertz CT molecular complexity index is 1100. The predicted octanol–water partition coefficient (Wildman–Crippen LogP) is 2.61. The van der Waals surface area contributed by atoms with Gasteiger partial charge in [-0.05, 0) is 29.0 Å². The molecule has 1 aromatic heterocycles. The number of hydrogen-bond acceptors (Lipinski definition) is 4. The molecule has 150 valence electrons. The van der Waals surface area contributed by atoms with Crippen molar-refractivity contribution in [2.24, 2.45) is 0 Å². The molecule has 0 aliphatic carbocycles. The van der Waals surface area contributed by atoms with Crippen LogP contribution in [-0.4, -0.2) is 22.0 Å². The van der Waals surface area contributed by atoms with E-state index in [1.165, 1.54) is 5.56 Å². The fourth-order valence-electron chi connectivity index (χ4n) is 2.97. The van der Waals surface area contributed by atoms with Crippen molar-refractivity contribution in [1.29, 1.82) is 0 Å². The topological polar surface area (TPSA) is 104 Å². The van der Waals surface area contributed by atoms with E-state index in [0.717, 1.165) is 5.56 Å². The van der Waals surface area contributed by atoms with E-state index >= 15 is 0 Å². The first-order valence-corrected chi connectivity index (χ1v) is 9.42. The number of nitrogens with one attached hydrogen (secondary N) is 3. The standard InChI is InChI=1S/C22H24N4O3/c1-22(2,3)15-11-8-14(9-12-15)10-13-18(27)23-26-21(29)19-16-6-4-5-7-17(16)20(28)25-24-19/h4-9,11-12H,10,13H2,1-3H3,(H,23,27)(H,25,28)(H,26,29). The van der Waals surface area contributed by atoms with Gasteiger partial charge in [-0.15, -0.1) is 0 Å². The summed E-state index contributed by atoms with van der Waals surface area (Å²) in [5, 5.41) is 6.88. The van der Waals surface area contributed by atoms with Gasteiger partial charge in [-0.3, -0.25) is 25.2 Å². The van der Waals surface area contributed by atoms with E-state index in [2.05, 4.69) is 54.0 Å². The fourth-order valence-corrected chi connectivity index (χ4v) is 2.97. The Hall–Kier alpha value is -3.48. The van der Waals surface area contributed by atoms with Crippen molar-refractivity contribution < 1.29 is 9.59 Å². The number of carbonyl (C=O) groups is 2. The molecule has 0 atom stereocenters. The predicted molar refractivity (Wildman–Crippen MR) is 111 cm³/mol. The number of H-pyrrole nitrogens is 1. The number of hydrazine groups is 1. The minimum atomic E-state index is -0.597. The van der Waals surface area contributed by atoms with Gasteiger partial charge < -0.3 is 0 Å². The normalized spacial score (nSPS) is 11.3. The van der Waals surface area contributed by atoms with E-state index in [9.17, 15) is 14.4 Å². The molecule has 0 fully saturated rings. The molecule has 0 spiro atoms. The highest BCUT2D eigenvalue weighted by molar-refractivity contribution is 6.05. The van der Waals surface area contributed by atoms with Gasteiger partial charge in [-0.25, -0.2) is 5.10 Å². The quantitative estimate of drug-likeness (QED) is 0.594. The van der Waals surface area contributed by atoms with Gasteiger partial charge in [0.2, 0.25) is 5.91 Å². The third-order valence-corrected chi connectivity index (χ3v) is 4.69. The highest BCUT2D eigenvalue weighted by Crippen LogP contribution is 2.22. The molecule has 3 rings (SSSR count). The molecule has 0 radical (unpaired) electrons. The van der Waals surface area contributed by atoms with E-state index < -0.39 is 5.91 Å². The monoisotopic (exact) mass is 392 g/mol. The van der Waals surface area contributed by atoms with Gasteiger partial charge in [0, 0.05) is 11.8 Å². The summed E-state index contributed by atoms with van der Waals surface area (Å²) < 4.78 is 0. The zero-order valence-corrected chi connectivity index (χ0v) is 16.7. The van der Waals surface area contributed by atoms with Crippen LogP contribution in [-0.2, 0) is 16.6 Å². The van der Waals surface area contributed by atoms with Crippen LogP contribution in [0, 0.1) is 0 Å². The SMILES string of the molecule is CC(C)(C)c1ccc(CCC(=O)NNC(=O)c2n[nH]c(=O)c3ccccc23)cc1. The maximum absolute atomic E-state index is 12.4. The fraction of sp³-hybridized carbons (Fsp3) is 0.273. The summed E-state index contributed by atoms with van der Waals surface area (Å²) in [4.78, 5) is 36.3. The number of carbonyl (C=O) groups excluding carboxylic acids is 2. The summed E-state index contributed by atoms with van der Waals surface area (Å²) in [5.74, 6) is -0.910. The van der Waals surface area contributed by atoms with Crippen LogP contribution >= 0.6 is 0 Å². The van der Waals surface area contributed by atoms with Crippen molar-refractivity contribution in [2.75, 3.05) is 0 Å². The average molecular weight is 392 g/mol. The highest BCUT2D eigenvalue weighted by atomic mass is 16.2. The third kappa shape index (κ3) is 4.87. The van der Waals surface area contributed by atoms with Crippen molar-refractivity contribution >= 4 is 22.6 Å². The van der Waals surface area contributed by atoms with Crippen LogP contribution in [0.5, 0.6) is 0 Å². The smallest absolute Gasteiger partial charge is 0.273 e. The molecule has 0 aliphatic heterocycles. The van der Waals surface area contributed by atoms with Gasteiger partial charge in [0.25, 0.3) is 11.5 Å². The second kappa shape index (κ2) is 8.26. The van der Waals surface area contributed by atoms with E-state index in [0.29, 0.717) is 17.2 Å². The maximum Gasteiger partial charge on any atom is 0.290 e. The molecule has 3 aromatic rings. The van der Waals surface area contributed by atoms with Crippen LogP contribution in [0.15, 0.2) is 53.3 Å². The molecule has 1 heterocycles. The van der Waals surface area contributed by atoms with Crippen molar-refractivity contribution in [3.63, 3.8) is 0 Å². The van der Waals surface area contributed by atoms with Gasteiger partial charge in [-0.2, -0.15) is 5.10 Å². The Morgan fingerprint density at radius 1 is 0.966 bits per heavy atom. The van der Waals surface area contributed by atoms with Crippen LogP contribution in [0.1, 0.15) is 48.8 Å². The highest BCUT2D eigenvalue weighted by Gasteiger charge is 2.15. The first-order valence-electron chi connectivity index (χ1n) is 9.42. The largest absolute Gasteiger partial charge is 0.290 e. The second-order valence-corrected chi connectivity index (χ2v) is 7.90. The lowest BCUT2D eigenvalue weighted by atomic mass is 9.86. The van der Waals surface area contributed by atoms with Crippen LogP contribution in [0.2, 0.25) is 0 Å². The van der Waals surface area contributed by atoms with E-state index in [1.54, 1.807) is 24.3 Å². The molecule has 2 amide bonds. The minimum Gasteiger partial charge on any atom is -0.273 e. The minimum absolute atomic E-state index is 0.0401. The number of rotatable bonds is 4. The van der Waals surface area contributed by atoms with Gasteiger partial charge in [-0.1, -0.05) is 63.2 Å². The number of benzene rings is 2. The number of hydrogen-bond donors (Lipinski definition) is 3. The molecule has 7 nitrogen and oxygen atoms in total. The van der Waals surface area contributed by atoms with Crippen molar-refractivity contribution in [3.05, 3.63) is 75.7 Å². The molecular formula is C22H24N4O3. The van der Waals surface area contributed by atoms with Gasteiger partial charge in [0.05, 0.1) is 5.39 Å². The molecule has 0 saturated heterocycles. The molecule has 0 unspecified atom stereocenters. The number of nitrogens with zero attached hydrogens (tertiary/aromatic N) is 1. The zero-order valence-electron chi connectivity index (χ0n) is 16.7. The summed E-state index contributed by atoms with van der Waals surface area (Å²) in [6, 6.07) is 14.8. The molecule has 0 bridgehead atoms. The Balaban J connectivity index is 1.57. The Morgan fingerprint density at radius 3 is 2.28 bits per heavy atom. The summed E-state index contributed by atoms with van der Waals surface area (Å²) in [6.07, 6.45) is 0.793. The van der Waals surface area contributed by atoms with Crippen LogP contribution in [0.25, 0.3) is 10.8 Å². The lowest BCUT2D eigenvalue weighted by Gasteiger charge is -2.19. The maximum atomic E-state index is 12.4. The van der Waals surface area contributed by atoms with Crippen molar-refractivity contribution in [2.45, 2.75) is 39.0 Å². The summed E-state index contributed by atoms with van der Waals surface area (Å²) in [5.41, 5.74) is 6.78. The van der Waals surface area contributed by atoms with E-state index in [4.69, 9.17) is 0 Å². The van der Waals surface area contributed by atoms with E-state index in [1.807, 2.05) is 12.1 Å². The van der Waals surface area contributed by atoms with Crippen LogP contribution in [0.4, 0.5) is 0 Å². The second-order valence-electron chi connectivity index (χ2n) is 7.90. The molecule has 2 aromatic carbocycles. The summed E-state index contributed by atoms with van der Waals surface area (Å²) in [6.45, 7) is 6.45. The lowest BCUT2D eigenvalue weighted by molar-refractivity contribution is -0.121. The number of fused-ring (bicyclic) bond motifs is 1. The molecule has 0 saturated carbocycles.